The van der Waals surface area contributed by atoms with Crippen LogP contribution in [-0.4, -0.2) is 17.9 Å². The molecule has 3 N–H and O–H groups in total. The summed E-state index contributed by atoms with van der Waals surface area (Å²) in [6, 6.07) is 11.7. The summed E-state index contributed by atoms with van der Waals surface area (Å²) in [7, 11) is 0. The van der Waals surface area contributed by atoms with Gasteiger partial charge < -0.3 is 16.0 Å². The Morgan fingerprint density at radius 1 is 0.846 bits per heavy atom. The van der Waals surface area contributed by atoms with Crippen molar-refractivity contribution in [2.45, 2.75) is 26.8 Å². The average Bonchev–Trinajstić information content (AvgIpc) is 2.60. The molecule has 2 rings (SSSR count). The van der Waals surface area contributed by atoms with Crippen LogP contribution in [0.4, 0.5) is 17.1 Å². The first kappa shape index (κ1) is 20.1. The molecule has 1 unspecified atom stereocenters. The third kappa shape index (κ3) is 5.38. The topological polar surface area (TPSA) is 70.2 Å². The largest absolute Gasteiger partial charge is 0.374 e. The van der Waals surface area contributed by atoms with Gasteiger partial charge in [-0.1, -0.05) is 43.1 Å². The molecule has 0 aliphatic heterocycles. The monoisotopic (exact) mass is 393 g/mol. The van der Waals surface area contributed by atoms with Crippen LogP contribution in [-0.2, 0) is 9.59 Å². The Kier molecular flexibility index (Phi) is 6.89. The number of carbonyl (C=O) groups excluding carboxylic acids is 2. The number of amides is 2. The lowest BCUT2D eigenvalue weighted by Crippen LogP contribution is -2.31. The number of carbonyl (C=O) groups is 2. The summed E-state index contributed by atoms with van der Waals surface area (Å²) >= 11 is 12.0. The van der Waals surface area contributed by atoms with E-state index in [1.165, 1.54) is 0 Å². The Balaban J connectivity index is 1.96. The highest BCUT2D eigenvalue weighted by Gasteiger charge is 2.15. The number of halogens is 2. The van der Waals surface area contributed by atoms with Crippen LogP contribution >= 0.6 is 23.2 Å². The molecule has 5 nitrogen and oxygen atoms in total. The molecule has 0 spiro atoms. The van der Waals surface area contributed by atoms with Crippen molar-refractivity contribution in [1.29, 1.82) is 0 Å². The summed E-state index contributed by atoms with van der Waals surface area (Å²) in [6.45, 7) is 5.40. The Morgan fingerprint density at radius 3 is 2.08 bits per heavy atom. The summed E-state index contributed by atoms with van der Waals surface area (Å²) in [5.41, 5.74) is 1.93. The predicted octanol–water partition coefficient (Wildman–Crippen LogP) is 5.03. The van der Waals surface area contributed by atoms with E-state index in [1.807, 2.05) is 13.8 Å². The zero-order valence-corrected chi connectivity index (χ0v) is 16.3. The number of anilines is 3. The highest BCUT2D eigenvalue weighted by atomic mass is 35.5. The van der Waals surface area contributed by atoms with Gasteiger partial charge in [0.25, 0.3) is 0 Å². The van der Waals surface area contributed by atoms with E-state index in [9.17, 15) is 9.59 Å². The van der Waals surface area contributed by atoms with E-state index >= 15 is 0 Å². The second-order valence-corrected chi connectivity index (χ2v) is 6.96. The van der Waals surface area contributed by atoms with Gasteiger partial charge in [0.05, 0.1) is 15.7 Å². The maximum atomic E-state index is 12.3. The molecule has 0 aliphatic rings. The molecular formula is C19H21Cl2N3O2. The average molecular weight is 394 g/mol. The molecule has 7 heteroatoms. The molecule has 0 radical (unpaired) electrons. The van der Waals surface area contributed by atoms with Gasteiger partial charge in [-0.15, -0.1) is 0 Å². The van der Waals surface area contributed by atoms with Crippen molar-refractivity contribution in [1.82, 2.24) is 0 Å². The van der Waals surface area contributed by atoms with Crippen molar-refractivity contribution in [2.24, 2.45) is 5.92 Å². The molecule has 0 fully saturated rings. The SMILES string of the molecule is CC(C)C(=O)Nc1ccc(NC(C)C(=O)Nc2cccc(Cl)c2Cl)cc1. The lowest BCUT2D eigenvalue weighted by atomic mass is 10.2. The first-order chi connectivity index (χ1) is 12.3. The Morgan fingerprint density at radius 2 is 1.46 bits per heavy atom. The Hall–Kier alpha value is -2.24. The molecule has 0 saturated carbocycles. The first-order valence-electron chi connectivity index (χ1n) is 8.20. The van der Waals surface area contributed by atoms with Gasteiger partial charge in [-0.25, -0.2) is 0 Å². The van der Waals surface area contributed by atoms with Crippen LogP contribution in [0.3, 0.4) is 0 Å². The lowest BCUT2D eigenvalue weighted by Gasteiger charge is -2.16. The van der Waals surface area contributed by atoms with E-state index in [2.05, 4.69) is 16.0 Å². The van der Waals surface area contributed by atoms with Crippen molar-refractivity contribution < 1.29 is 9.59 Å². The van der Waals surface area contributed by atoms with Crippen LogP contribution in [0, 0.1) is 5.92 Å². The van der Waals surface area contributed by atoms with E-state index in [-0.39, 0.29) is 17.7 Å². The van der Waals surface area contributed by atoms with Crippen LogP contribution in [0.15, 0.2) is 42.5 Å². The minimum Gasteiger partial charge on any atom is -0.374 e. The molecule has 0 bridgehead atoms. The highest BCUT2D eigenvalue weighted by Crippen LogP contribution is 2.29. The molecule has 138 valence electrons. The zero-order chi connectivity index (χ0) is 19.3. The fourth-order valence-electron chi connectivity index (χ4n) is 2.09. The molecule has 0 aromatic heterocycles. The van der Waals surface area contributed by atoms with Crippen LogP contribution in [0.2, 0.25) is 10.0 Å². The summed E-state index contributed by atoms with van der Waals surface area (Å²) < 4.78 is 0. The number of hydrogen-bond acceptors (Lipinski definition) is 3. The number of rotatable bonds is 6. The van der Waals surface area contributed by atoms with Gasteiger partial charge in [0.15, 0.2) is 0 Å². The summed E-state index contributed by atoms with van der Waals surface area (Å²) in [4.78, 5) is 24.0. The second kappa shape index (κ2) is 8.92. The van der Waals surface area contributed by atoms with Crippen molar-refractivity contribution in [3.8, 4) is 0 Å². The quantitative estimate of drug-likeness (QED) is 0.644. The van der Waals surface area contributed by atoms with E-state index in [1.54, 1.807) is 49.4 Å². The van der Waals surface area contributed by atoms with Gasteiger partial charge >= 0.3 is 0 Å². The molecule has 0 aliphatic carbocycles. The molecule has 2 amide bonds. The zero-order valence-electron chi connectivity index (χ0n) is 14.8. The van der Waals surface area contributed by atoms with Gasteiger partial charge in [0.1, 0.15) is 6.04 Å². The van der Waals surface area contributed by atoms with Crippen molar-refractivity contribution in [2.75, 3.05) is 16.0 Å². The van der Waals surface area contributed by atoms with Crippen LogP contribution in [0.1, 0.15) is 20.8 Å². The maximum Gasteiger partial charge on any atom is 0.246 e. The molecule has 0 heterocycles. The van der Waals surface area contributed by atoms with Crippen molar-refractivity contribution in [3.63, 3.8) is 0 Å². The standard InChI is InChI=1S/C19H21Cl2N3O2/c1-11(2)18(25)23-14-9-7-13(8-10-14)22-12(3)19(26)24-16-6-4-5-15(20)17(16)21/h4-12,22H,1-3H3,(H,23,25)(H,24,26). The third-order valence-corrected chi connectivity index (χ3v) is 4.48. The minimum atomic E-state index is -0.499. The Bertz CT molecular complexity index is 792. The molecular weight excluding hydrogens is 373 g/mol. The highest BCUT2D eigenvalue weighted by molar-refractivity contribution is 6.44. The van der Waals surface area contributed by atoms with Crippen molar-refractivity contribution >= 4 is 52.1 Å². The molecule has 1 atom stereocenters. The van der Waals surface area contributed by atoms with Gasteiger partial charge in [0, 0.05) is 17.3 Å². The second-order valence-electron chi connectivity index (χ2n) is 6.18. The summed E-state index contributed by atoms with van der Waals surface area (Å²) in [5, 5.41) is 9.34. The molecule has 0 saturated heterocycles. The molecule has 2 aromatic carbocycles. The van der Waals surface area contributed by atoms with Crippen LogP contribution in [0.25, 0.3) is 0 Å². The fourth-order valence-corrected chi connectivity index (χ4v) is 2.44. The lowest BCUT2D eigenvalue weighted by molar-refractivity contribution is -0.119. The maximum absolute atomic E-state index is 12.3. The predicted molar refractivity (Wildman–Crippen MR) is 108 cm³/mol. The number of nitrogens with one attached hydrogen (secondary N) is 3. The number of benzene rings is 2. The van der Waals surface area contributed by atoms with Gasteiger partial charge in [-0.05, 0) is 43.3 Å². The Labute approximate surface area is 163 Å². The van der Waals surface area contributed by atoms with Crippen molar-refractivity contribution in [3.05, 3.63) is 52.5 Å². The van der Waals surface area contributed by atoms with E-state index in [0.717, 1.165) is 5.69 Å². The van der Waals surface area contributed by atoms with Crippen LogP contribution in [0.5, 0.6) is 0 Å². The van der Waals surface area contributed by atoms with E-state index < -0.39 is 6.04 Å². The molecule has 26 heavy (non-hydrogen) atoms. The smallest absolute Gasteiger partial charge is 0.246 e. The number of hydrogen-bond donors (Lipinski definition) is 3. The van der Waals surface area contributed by atoms with Gasteiger partial charge in [0.2, 0.25) is 11.8 Å². The normalized spacial score (nSPS) is 11.8. The third-order valence-electron chi connectivity index (χ3n) is 3.66. The fraction of sp³-hybridized carbons (Fsp3) is 0.263. The van der Waals surface area contributed by atoms with E-state index in [0.29, 0.717) is 21.4 Å². The van der Waals surface area contributed by atoms with E-state index in [4.69, 9.17) is 23.2 Å². The van der Waals surface area contributed by atoms with Gasteiger partial charge in [-0.3, -0.25) is 9.59 Å². The minimum absolute atomic E-state index is 0.0446. The van der Waals surface area contributed by atoms with Gasteiger partial charge in [-0.2, -0.15) is 0 Å². The summed E-state index contributed by atoms with van der Waals surface area (Å²) in [5.74, 6) is -0.377. The van der Waals surface area contributed by atoms with Crippen LogP contribution < -0.4 is 16.0 Å². The summed E-state index contributed by atoms with van der Waals surface area (Å²) in [6.07, 6.45) is 0. The molecule has 2 aromatic rings. The first-order valence-corrected chi connectivity index (χ1v) is 8.96.